The minimum atomic E-state index is -1.27. The second-order valence-electron chi connectivity index (χ2n) is 5.27. The van der Waals surface area contributed by atoms with Crippen LogP contribution in [0.4, 0.5) is 4.79 Å². The predicted molar refractivity (Wildman–Crippen MR) is 70.0 cm³/mol. The van der Waals surface area contributed by atoms with E-state index < -0.39 is 11.5 Å². The van der Waals surface area contributed by atoms with Crippen LogP contribution >= 0.6 is 0 Å². The first-order valence-electron chi connectivity index (χ1n) is 6.50. The first-order chi connectivity index (χ1) is 8.86. The minimum Gasteiger partial charge on any atom is -0.480 e. The lowest BCUT2D eigenvalue weighted by Gasteiger charge is -2.27. The molecule has 0 radical (unpaired) electrons. The van der Waals surface area contributed by atoms with E-state index in [9.17, 15) is 9.59 Å². The number of carboxylic acid groups (broad SMARTS) is 1. The summed E-state index contributed by atoms with van der Waals surface area (Å²) in [5.74, 6) is -1.06. The molecule has 0 aliphatic carbocycles. The number of hydrogen-bond donors (Lipinski definition) is 3. The fraction of sp³-hybridized carbons (Fsp3) is 0.833. The highest BCUT2D eigenvalue weighted by molar-refractivity contribution is 5.85. The maximum Gasteiger partial charge on any atom is 0.328 e. The van der Waals surface area contributed by atoms with Crippen LogP contribution in [0, 0.1) is 0 Å². The predicted octanol–water partition coefficient (Wildman–Crippen LogP) is -0.441. The molecule has 0 saturated carbocycles. The van der Waals surface area contributed by atoms with Gasteiger partial charge in [0.1, 0.15) is 5.54 Å². The lowest BCUT2D eigenvalue weighted by atomic mass is 10.1. The lowest BCUT2D eigenvalue weighted by molar-refractivity contribution is -0.143. The molecule has 0 atom stereocenters. The van der Waals surface area contributed by atoms with E-state index in [2.05, 4.69) is 10.2 Å². The Morgan fingerprint density at radius 3 is 2.47 bits per heavy atom. The van der Waals surface area contributed by atoms with Gasteiger partial charge in [-0.05, 0) is 26.8 Å². The third-order valence-electron chi connectivity index (χ3n) is 3.25. The Morgan fingerprint density at radius 2 is 1.89 bits per heavy atom. The third-order valence-corrected chi connectivity index (χ3v) is 3.25. The summed E-state index contributed by atoms with van der Waals surface area (Å²) >= 11 is 0. The van der Waals surface area contributed by atoms with Crippen molar-refractivity contribution in [1.82, 2.24) is 15.1 Å². The third kappa shape index (κ3) is 4.68. The normalized spacial score (nSPS) is 17.9. The van der Waals surface area contributed by atoms with Crippen molar-refractivity contribution in [3.05, 3.63) is 0 Å². The van der Waals surface area contributed by atoms with Gasteiger partial charge in [-0.3, -0.25) is 4.90 Å². The molecular formula is C12H23N3O4. The van der Waals surface area contributed by atoms with Gasteiger partial charge in [0.05, 0.1) is 6.61 Å². The fourth-order valence-electron chi connectivity index (χ4n) is 1.94. The van der Waals surface area contributed by atoms with E-state index in [-0.39, 0.29) is 12.6 Å². The van der Waals surface area contributed by atoms with Gasteiger partial charge in [0.15, 0.2) is 0 Å². The number of nitrogens with zero attached hydrogens (tertiary/aromatic N) is 2. The molecule has 0 bridgehead atoms. The number of aliphatic hydroxyl groups excluding tert-OH is 1. The van der Waals surface area contributed by atoms with Crippen LogP contribution < -0.4 is 5.32 Å². The smallest absolute Gasteiger partial charge is 0.328 e. The monoisotopic (exact) mass is 273 g/mol. The van der Waals surface area contributed by atoms with Crippen LogP contribution in [0.15, 0.2) is 0 Å². The van der Waals surface area contributed by atoms with Gasteiger partial charge in [0.2, 0.25) is 0 Å². The van der Waals surface area contributed by atoms with Crippen molar-refractivity contribution in [2.75, 3.05) is 39.3 Å². The Balaban J connectivity index is 2.52. The number of hydrogen-bond acceptors (Lipinski definition) is 4. The number of rotatable bonds is 4. The van der Waals surface area contributed by atoms with Gasteiger partial charge < -0.3 is 20.4 Å². The standard InChI is InChI=1S/C12H23N3O4/c1-12(2,10(17)18)13-11(19)15-5-3-4-14(6-7-15)8-9-16/h16H,3-9H2,1-2H3,(H,13,19)(H,17,18). The zero-order valence-electron chi connectivity index (χ0n) is 11.6. The summed E-state index contributed by atoms with van der Waals surface area (Å²) in [5, 5.41) is 20.4. The summed E-state index contributed by atoms with van der Waals surface area (Å²) in [6.07, 6.45) is 0.820. The molecule has 0 aromatic rings. The lowest BCUT2D eigenvalue weighted by Crippen LogP contribution is -2.54. The van der Waals surface area contributed by atoms with E-state index in [1.165, 1.54) is 13.8 Å². The molecule has 1 heterocycles. The van der Waals surface area contributed by atoms with Crippen molar-refractivity contribution >= 4 is 12.0 Å². The average Bonchev–Trinajstić information content (AvgIpc) is 2.54. The maximum atomic E-state index is 12.0. The molecular weight excluding hydrogens is 250 g/mol. The molecule has 0 unspecified atom stereocenters. The van der Waals surface area contributed by atoms with Gasteiger partial charge in [0.25, 0.3) is 0 Å². The molecule has 110 valence electrons. The topological polar surface area (TPSA) is 93.1 Å². The van der Waals surface area contributed by atoms with Crippen molar-refractivity contribution in [2.45, 2.75) is 25.8 Å². The Kier molecular flexibility index (Phi) is 5.56. The summed E-state index contributed by atoms with van der Waals surface area (Å²) in [6, 6.07) is -0.349. The highest BCUT2D eigenvalue weighted by atomic mass is 16.4. The first kappa shape index (κ1) is 15.7. The van der Waals surface area contributed by atoms with Crippen molar-refractivity contribution < 1.29 is 19.8 Å². The van der Waals surface area contributed by atoms with Crippen molar-refractivity contribution in [2.24, 2.45) is 0 Å². The van der Waals surface area contributed by atoms with E-state index in [0.29, 0.717) is 26.2 Å². The van der Waals surface area contributed by atoms with Crippen LogP contribution in [0.1, 0.15) is 20.3 Å². The van der Waals surface area contributed by atoms with Crippen LogP contribution in [0.5, 0.6) is 0 Å². The number of β-amino-alcohol motifs (C(OH)–C–C–N with tert-alkyl or cyclic N) is 1. The zero-order valence-corrected chi connectivity index (χ0v) is 11.6. The number of carbonyl (C=O) groups excluding carboxylic acids is 1. The molecule has 1 saturated heterocycles. The Labute approximate surface area is 113 Å². The molecule has 1 rings (SSSR count). The molecule has 19 heavy (non-hydrogen) atoms. The van der Waals surface area contributed by atoms with Gasteiger partial charge in [-0.1, -0.05) is 0 Å². The van der Waals surface area contributed by atoms with Crippen molar-refractivity contribution in [3.63, 3.8) is 0 Å². The van der Waals surface area contributed by atoms with Crippen LogP contribution in [0.3, 0.4) is 0 Å². The van der Waals surface area contributed by atoms with Crippen LogP contribution in [0.25, 0.3) is 0 Å². The van der Waals surface area contributed by atoms with Gasteiger partial charge in [-0.25, -0.2) is 9.59 Å². The summed E-state index contributed by atoms with van der Waals surface area (Å²) in [7, 11) is 0. The van der Waals surface area contributed by atoms with Crippen molar-refractivity contribution in [3.8, 4) is 0 Å². The second-order valence-corrected chi connectivity index (χ2v) is 5.27. The number of urea groups is 1. The van der Waals surface area contributed by atoms with Crippen LogP contribution in [-0.2, 0) is 4.79 Å². The molecule has 0 aromatic carbocycles. The van der Waals surface area contributed by atoms with Gasteiger partial charge in [-0.15, -0.1) is 0 Å². The molecule has 0 spiro atoms. The van der Waals surface area contributed by atoms with E-state index >= 15 is 0 Å². The number of carboxylic acids is 1. The molecule has 1 aliphatic heterocycles. The van der Waals surface area contributed by atoms with Gasteiger partial charge >= 0.3 is 12.0 Å². The van der Waals surface area contributed by atoms with E-state index in [1.54, 1.807) is 4.90 Å². The Hall–Kier alpha value is -1.34. The SMILES string of the molecule is CC(C)(NC(=O)N1CCCN(CCO)CC1)C(=O)O. The number of aliphatic hydroxyl groups is 1. The van der Waals surface area contributed by atoms with Gasteiger partial charge in [-0.2, -0.15) is 0 Å². The van der Waals surface area contributed by atoms with E-state index in [0.717, 1.165) is 13.0 Å². The zero-order chi connectivity index (χ0) is 14.5. The summed E-state index contributed by atoms with van der Waals surface area (Å²) < 4.78 is 0. The van der Waals surface area contributed by atoms with Crippen LogP contribution in [-0.4, -0.2) is 76.9 Å². The highest BCUT2D eigenvalue weighted by Gasteiger charge is 2.31. The summed E-state index contributed by atoms with van der Waals surface area (Å²) in [6.45, 7) is 6.32. The second kappa shape index (κ2) is 6.72. The van der Waals surface area contributed by atoms with E-state index in [4.69, 9.17) is 10.2 Å². The Morgan fingerprint density at radius 1 is 1.21 bits per heavy atom. The van der Waals surface area contributed by atoms with E-state index in [1.807, 2.05) is 0 Å². The maximum absolute atomic E-state index is 12.0. The summed E-state index contributed by atoms with van der Waals surface area (Å²) in [5.41, 5.74) is -1.27. The highest BCUT2D eigenvalue weighted by Crippen LogP contribution is 2.07. The Bertz CT molecular complexity index is 333. The molecule has 1 aliphatic rings. The molecule has 2 amide bonds. The van der Waals surface area contributed by atoms with Crippen molar-refractivity contribution in [1.29, 1.82) is 0 Å². The van der Waals surface area contributed by atoms with Crippen LogP contribution in [0.2, 0.25) is 0 Å². The fourth-order valence-corrected chi connectivity index (χ4v) is 1.94. The molecule has 7 heteroatoms. The summed E-state index contributed by atoms with van der Waals surface area (Å²) in [4.78, 5) is 26.7. The molecule has 7 nitrogen and oxygen atoms in total. The average molecular weight is 273 g/mol. The molecule has 3 N–H and O–H groups in total. The quantitative estimate of drug-likeness (QED) is 0.645. The number of aliphatic carboxylic acids is 1. The number of nitrogens with one attached hydrogen (secondary N) is 1. The number of carbonyl (C=O) groups is 2. The largest absolute Gasteiger partial charge is 0.480 e. The first-order valence-corrected chi connectivity index (χ1v) is 6.50. The minimum absolute atomic E-state index is 0.109. The van der Waals surface area contributed by atoms with Gasteiger partial charge in [0, 0.05) is 26.2 Å². The molecule has 0 aromatic heterocycles. The number of amides is 2. The molecule has 1 fully saturated rings.